The standard InChI is InChI=1S/C42H60ClN7O5/c1-14-39(6,7)26-20-21-29(27(22-26)40(8,9)15-2)54-24-32(52)44-23-31(51)45-28-18-16-17-19-30(28)55-25-33(53)46-42(12,13)41(10,11)37-48-47-36-34(43)35(38(3,4)5)49-50(36)37/h16-22,49H,14-15,23-25H2,1-13H3,(H,44,52)(H,45,51)(H,46,53). The molecule has 13 heteroatoms. The van der Waals surface area contributed by atoms with Crippen molar-refractivity contribution in [2.45, 2.75) is 130 Å². The molecule has 2 aromatic carbocycles. The van der Waals surface area contributed by atoms with Crippen LogP contribution in [-0.4, -0.2) is 62.8 Å². The van der Waals surface area contributed by atoms with Gasteiger partial charge in [0.1, 0.15) is 16.5 Å². The number of hydrogen-bond acceptors (Lipinski definition) is 7. The van der Waals surface area contributed by atoms with E-state index < -0.39 is 22.8 Å². The van der Waals surface area contributed by atoms with Gasteiger partial charge in [0, 0.05) is 21.9 Å². The van der Waals surface area contributed by atoms with Crippen LogP contribution in [0, 0.1) is 0 Å². The number of ether oxygens (including phenoxy) is 2. The van der Waals surface area contributed by atoms with Gasteiger partial charge in [-0.25, -0.2) is 4.52 Å². The maximum Gasteiger partial charge on any atom is 0.258 e. The number of aromatic nitrogens is 4. The molecule has 0 aliphatic rings. The first kappa shape index (κ1) is 43.2. The number of anilines is 1. The smallest absolute Gasteiger partial charge is 0.258 e. The van der Waals surface area contributed by atoms with Gasteiger partial charge in [0.05, 0.1) is 17.9 Å². The molecule has 0 radical (unpaired) electrons. The monoisotopic (exact) mass is 777 g/mol. The quantitative estimate of drug-likeness (QED) is 0.0908. The highest BCUT2D eigenvalue weighted by atomic mass is 35.5. The van der Waals surface area contributed by atoms with Crippen LogP contribution in [-0.2, 0) is 36.0 Å². The van der Waals surface area contributed by atoms with Crippen molar-refractivity contribution in [3.8, 4) is 11.5 Å². The van der Waals surface area contributed by atoms with E-state index in [9.17, 15) is 14.4 Å². The second-order valence-electron chi connectivity index (χ2n) is 17.6. The Kier molecular flexibility index (Phi) is 12.8. The summed E-state index contributed by atoms with van der Waals surface area (Å²) in [5, 5.41) is 21.1. The summed E-state index contributed by atoms with van der Waals surface area (Å²) in [7, 11) is 0. The Balaban J connectivity index is 1.33. The van der Waals surface area contributed by atoms with Crippen LogP contribution in [0.5, 0.6) is 11.5 Å². The molecule has 0 aliphatic carbocycles. The first-order valence-corrected chi connectivity index (χ1v) is 19.3. The van der Waals surface area contributed by atoms with E-state index in [0.29, 0.717) is 33.7 Å². The van der Waals surface area contributed by atoms with E-state index >= 15 is 0 Å². The van der Waals surface area contributed by atoms with Gasteiger partial charge in [0.2, 0.25) is 5.91 Å². The molecule has 4 rings (SSSR count). The lowest BCUT2D eigenvalue weighted by molar-refractivity contribution is -0.126. The first-order chi connectivity index (χ1) is 25.4. The molecule has 0 atom stereocenters. The molecule has 2 aromatic heterocycles. The summed E-state index contributed by atoms with van der Waals surface area (Å²) in [4.78, 5) is 39.0. The minimum Gasteiger partial charge on any atom is -0.483 e. The molecule has 2 heterocycles. The van der Waals surface area contributed by atoms with Gasteiger partial charge in [0.15, 0.2) is 24.7 Å². The van der Waals surface area contributed by atoms with E-state index in [0.717, 1.165) is 24.1 Å². The topological polar surface area (TPSA) is 152 Å². The second kappa shape index (κ2) is 16.3. The Bertz CT molecular complexity index is 2020. The van der Waals surface area contributed by atoms with Crippen molar-refractivity contribution in [1.82, 2.24) is 30.4 Å². The van der Waals surface area contributed by atoms with Gasteiger partial charge >= 0.3 is 0 Å². The van der Waals surface area contributed by atoms with Gasteiger partial charge in [-0.3, -0.25) is 19.5 Å². The fourth-order valence-corrected chi connectivity index (χ4v) is 6.38. The van der Waals surface area contributed by atoms with Crippen molar-refractivity contribution < 1.29 is 23.9 Å². The molecule has 0 saturated heterocycles. The molecule has 300 valence electrons. The van der Waals surface area contributed by atoms with Gasteiger partial charge in [-0.2, -0.15) is 0 Å². The maximum absolute atomic E-state index is 13.3. The third-order valence-electron chi connectivity index (χ3n) is 11.2. The van der Waals surface area contributed by atoms with Gasteiger partial charge in [-0.1, -0.05) is 112 Å². The van der Waals surface area contributed by atoms with E-state index in [1.54, 1.807) is 28.8 Å². The average Bonchev–Trinajstić information content (AvgIpc) is 3.69. The number of fused-ring (bicyclic) bond motifs is 1. The number of hydrogen-bond donors (Lipinski definition) is 4. The predicted molar refractivity (Wildman–Crippen MR) is 218 cm³/mol. The minimum absolute atomic E-state index is 0.00864. The molecule has 3 amide bonds. The lowest BCUT2D eigenvalue weighted by Crippen LogP contribution is -2.57. The number of benzene rings is 2. The molecule has 4 N–H and O–H groups in total. The molecule has 0 unspecified atom stereocenters. The molecule has 0 fully saturated rings. The van der Waals surface area contributed by atoms with E-state index in [1.165, 1.54) is 5.56 Å². The number of halogens is 1. The number of carbonyl (C=O) groups excluding carboxylic acids is 3. The van der Waals surface area contributed by atoms with Crippen LogP contribution in [0.3, 0.4) is 0 Å². The molecule has 55 heavy (non-hydrogen) atoms. The Morgan fingerprint density at radius 3 is 2.04 bits per heavy atom. The number of carbonyl (C=O) groups is 3. The lowest BCUT2D eigenvalue weighted by Gasteiger charge is -2.40. The fraction of sp³-hybridized carbons (Fsp3) is 0.548. The first-order valence-electron chi connectivity index (χ1n) is 19.0. The largest absolute Gasteiger partial charge is 0.483 e. The van der Waals surface area contributed by atoms with Crippen molar-refractivity contribution in [2.75, 3.05) is 25.1 Å². The van der Waals surface area contributed by atoms with Gasteiger partial charge in [0.25, 0.3) is 11.8 Å². The van der Waals surface area contributed by atoms with Crippen molar-refractivity contribution in [2.24, 2.45) is 0 Å². The number of nitrogens with zero attached hydrogens (tertiary/aromatic N) is 3. The van der Waals surface area contributed by atoms with Gasteiger partial charge in [-0.15, -0.1) is 10.2 Å². The van der Waals surface area contributed by atoms with E-state index in [1.807, 2.05) is 33.8 Å². The summed E-state index contributed by atoms with van der Waals surface area (Å²) in [5.41, 5.74) is 2.08. The summed E-state index contributed by atoms with van der Waals surface area (Å²) < 4.78 is 13.7. The predicted octanol–water partition coefficient (Wildman–Crippen LogP) is 7.77. The zero-order chi connectivity index (χ0) is 41.1. The van der Waals surface area contributed by atoms with E-state index in [-0.39, 0.29) is 41.9 Å². The molecule has 0 spiro atoms. The normalized spacial score (nSPS) is 12.8. The van der Waals surface area contributed by atoms with Crippen LogP contribution in [0.4, 0.5) is 5.69 Å². The van der Waals surface area contributed by atoms with Crippen molar-refractivity contribution in [1.29, 1.82) is 0 Å². The third-order valence-corrected chi connectivity index (χ3v) is 11.6. The Morgan fingerprint density at radius 2 is 1.40 bits per heavy atom. The molecular weight excluding hydrogens is 718 g/mol. The summed E-state index contributed by atoms with van der Waals surface area (Å²) >= 11 is 6.66. The Hall–Kier alpha value is -4.58. The summed E-state index contributed by atoms with van der Waals surface area (Å²) in [6, 6.07) is 13.0. The molecule has 4 aromatic rings. The zero-order valence-corrected chi connectivity index (χ0v) is 35.6. The fourth-order valence-electron chi connectivity index (χ4n) is 5.93. The number of para-hydroxylation sites is 2. The second-order valence-corrected chi connectivity index (χ2v) is 18.0. The maximum atomic E-state index is 13.3. The van der Waals surface area contributed by atoms with E-state index in [2.05, 4.69) is 106 Å². The van der Waals surface area contributed by atoms with Crippen molar-refractivity contribution in [3.05, 3.63) is 70.1 Å². The lowest BCUT2D eigenvalue weighted by atomic mass is 9.73. The summed E-state index contributed by atoms with van der Waals surface area (Å²) in [6.07, 6.45) is 1.89. The van der Waals surface area contributed by atoms with Gasteiger partial charge < -0.3 is 25.4 Å². The third kappa shape index (κ3) is 9.63. The summed E-state index contributed by atoms with van der Waals surface area (Å²) in [5.74, 6) is 0.290. The average molecular weight is 778 g/mol. The van der Waals surface area contributed by atoms with Crippen LogP contribution in [0.25, 0.3) is 5.65 Å². The SMILES string of the molecule is CCC(C)(C)c1ccc(OCC(=O)NCC(=O)Nc2ccccc2OCC(=O)NC(C)(C)C(C)(C)c2nnc3c(Cl)c(C(C)(C)C)[nH]n23)c(C(C)(C)CC)c1. The molecule has 0 bridgehead atoms. The molecule has 0 aliphatic heterocycles. The molecule has 12 nitrogen and oxygen atoms in total. The molecule has 0 saturated carbocycles. The van der Waals surface area contributed by atoms with Crippen LogP contribution in [0.1, 0.15) is 125 Å². The number of rotatable bonds is 16. The van der Waals surface area contributed by atoms with E-state index in [4.69, 9.17) is 21.1 Å². The zero-order valence-electron chi connectivity index (χ0n) is 34.8. The van der Waals surface area contributed by atoms with Crippen LogP contribution < -0.4 is 25.4 Å². The Labute approximate surface area is 330 Å². The highest BCUT2D eigenvalue weighted by Crippen LogP contribution is 2.39. The number of aromatic amines is 1. The van der Waals surface area contributed by atoms with Crippen LogP contribution in [0.15, 0.2) is 42.5 Å². The van der Waals surface area contributed by atoms with Crippen LogP contribution >= 0.6 is 11.6 Å². The van der Waals surface area contributed by atoms with Crippen LogP contribution in [0.2, 0.25) is 5.02 Å². The number of H-pyrrole nitrogens is 1. The highest BCUT2D eigenvalue weighted by molar-refractivity contribution is 6.34. The number of nitrogens with one attached hydrogen (secondary N) is 4. The number of amides is 3. The van der Waals surface area contributed by atoms with Crippen molar-refractivity contribution in [3.63, 3.8) is 0 Å². The molecular formula is C42H60ClN7O5. The Morgan fingerprint density at radius 1 is 0.782 bits per heavy atom. The minimum atomic E-state index is -0.811. The summed E-state index contributed by atoms with van der Waals surface area (Å²) in [6.45, 7) is 26.2. The van der Waals surface area contributed by atoms with Gasteiger partial charge in [-0.05, 0) is 61.3 Å². The highest BCUT2D eigenvalue weighted by Gasteiger charge is 2.44. The van der Waals surface area contributed by atoms with Crippen molar-refractivity contribution >= 4 is 40.7 Å².